The average Bonchev–Trinajstić information content (AvgIpc) is 3.66. The van der Waals surface area contributed by atoms with Gasteiger partial charge in [0.15, 0.2) is 11.9 Å². The Morgan fingerprint density at radius 3 is 1.93 bits per heavy atom. The fraction of sp³-hybridized carbons (Fsp3) is 0.0893. The maximum absolute atomic E-state index is 10.8. The van der Waals surface area contributed by atoms with Gasteiger partial charge in [-0.2, -0.15) is 5.26 Å². The van der Waals surface area contributed by atoms with E-state index >= 15 is 0 Å². The van der Waals surface area contributed by atoms with Crippen LogP contribution in [0.1, 0.15) is 53.9 Å². The van der Waals surface area contributed by atoms with E-state index in [0.29, 0.717) is 5.57 Å². The Hall–Kier alpha value is -7.49. The number of fused-ring (bicyclic) bond motifs is 6. The van der Waals surface area contributed by atoms with E-state index in [1.807, 2.05) is 12.1 Å². The number of aromatic nitrogens is 1. The van der Waals surface area contributed by atoms with Crippen molar-refractivity contribution in [1.82, 2.24) is 9.88 Å². The van der Waals surface area contributed by atoms with E-state index in [0.717, 1.165) is 50.4 Å². The quantitative estimate of drug-likeness (QED) is 0.176. The lowest BCUT2D eigenvalue weighted by atomic mass is 9.72. The minimum Gasteiger partial charge on any atom is -0.310 e. The highest BCUT2D eigenvalue weighted by Gasteiger charge is 2.40. The van der Waals surface area contributed by atoms with Crippen molar-refractivity contribution in [2.75, 3.05) is 4.90 Å². The number of nitriles is 1. The van der Waals surface area contributed by atoms with Gasteiger partial charge in [0, 0.05) is 44.3 Å². The summed E-state index contributed by atoms with van der Waals surface area (Å²) in [4.78, 5) is 2.44. The molecule has 1 aromatic heterocycles. The van der Waals surface area contributed by atoms with Crippen molar-refractivity contribution in [3.63, 3.8) is 0 Å². The third kappa shape index (κ3) is 5.99. The number of anilines is 3. The topological polar surface area (TPSA) is 60.6 Å². The van der Waals surface area contributed by atoms with Crippen molar-refractivity contribution < 1.29 is 5.32 Å². The normalized spacial score (nSPS) is 16.9. The smallest absolute Gasteiger partial charge is 0.171 e. The van der Waals surface area contributed by atoms with Crippen molar-refractivity contribution in [2.45, 2.75) is 31.5 Å². The zero-order valence-corrected chi connectivity index (χ0v) is 34.1. The van der Waals surface area contributed by atoms with Crippen molar-refractivity contribution >= 4 is 44.6 Å². The molecular formula is C56H44N5+. The first-order chi connectivity index (χ1) is 30.0. The number of nitrogens with two attached hydrogens (primary N) is 1. The summed E-state index contributed by atoms with van der Waals surface area (Å²) in [6.07, 6.45) is -0.209. The van der Waals surface area contributed by atoms with Crippen LogP contribution in [0.5, 0.6) is 0 Å². The Balaban J connectivity index is 1.19. The monoisotopic (exact) mass is 786 g/mol. The molecule has 0 radical (unpaired) electrons. The molecule has 2 atom stereocenters. The van der Waals surface area contributed by atoms with E-state index in [4.69, 9.17) is 0 Å². The third-order valence-electron chi connectivity index (χ3n) is 12.8. The number of nitrogens with zero attached hydrogens (tertiary/aromatic N) is 3. The van der Waals surface area contributed by atoms with Gasteiger partial charge in [-0.25, -0.2) is 0 Å². The highest BCUT2D eigenvalue weighted by atomic mass is 15.2. The molecule has 0 aliphatic carbocycles. The van der Waals surface area contributed by atoms with E-state index in [1.54, 1.807) is 0 Å². The molecular weight excluding hydrogens is 743 g/mol. The van der Waals surface area contributed by atoms with Gasteiger partial charge in [-0.05, 0) is 82.9 Å². The Morgan fingerprint density at radius 1 is 0.557 bits per heavy atom. The number of hydrogen-bond acceptors (Lipinski definition) is 3. The zero-order valence-electron chi connectivity index (χ0n) is 34.1. The Kier molecular flexibility index (Phi) is 8.79. The van der Waals surface area contributed by atoms with Gasteiger partial charge in [0.1, 0.15) is 11.6 Å². The molecule has 3 N–H and O–H groups in total. The van der Waals surface area contributed by atoms with Gasteiger partial charge in [-0.3, -0.25) is 10.6 Å². The summed E-state index contributed by atoms with van der Waals surface area (Å²) in [5.74, 6) is 0. The lowest BCUT2D eigenvalue weighted by Crippen LogP contribution is -2.87. The molecule has 292 valence electrons. The van der Waals surface area contributed by atoms with Crippen LogP contribution >= 0.6 is 0 Å². The zero-order chi connectivity index (χ0) is 41.1. The minimum absolute atomic E-state index is 0.209. The molecule has 61 heavy (non-hydrogen) atoms. The first kappa shape index (κ1) is 36.6. The number of benzene rings is 8. The highest BCUT2D eigenvalue weighted by molar-refractivity contribution is 6.13. The second-order valence-electron chi connectivity index (χ2n) is 16.7. The van der Waals surface area contributed by atoms with Crippen LogP contribution in [-0.4, -0.2) is 4.57 Å². The number of nitrogens with one attached hydrogen (secondary N) is 1. The molecule has 0 spiro atoms. The molecule has 0 bridgehead atoms. The van der Waals surface area contributed by atoms with Gasteiger partial charge in [0.05, 0.1) is 28.5 Å². The van der Waals surface area contributed by atoms with E-state index in [-0.39, 0.29) is 17.6 Å². The van der Waals surface area contributed by atoms with E-state index < -0.39 is 0 Å². The number of quaternary nitrogens is 1. The van der Waals surface area contributed by atoms with Crippen LogP contribution in [0.4, 0.5) is 17.1 Å². The standard InChI is InChI=1S/C56H43N5/c1-56(2)47-28-16-18-30-49(47)60(42-25-13-6-14-26-42)50-32-31-45-44-27-15-17-29-48(44)61(54(45)51(50)56)43-34-40(37-19-7-3-8-20-37)33-41(35-43)55-58-52(38-21-9-4-10-22-38)46(36-57)53(59-55)39-23-11-5-12-24-39/h3-35,52,55,58-59H,1-2H3/p+1. The molecule has 0 saturated heterocycles. The summed E-state index contributed by atoms with van der Waals surface area (Å²) >= 11 is 0. The molecule has 8 aromatic carbocycles. The lowest BCUT2D eigenvalue weighted by Gasteiger charge is -2.42. The average molecular weight is 787 g/mol. The fourth-order valence-corrected chi connectivity index (χ4v) is 9.99. The van der Waals surface area contributed by atoms with Crippen molar-refractivity contribution in [3.05, 3.63) is 234 Å². The first-order valence-corrected chi connectivity index (χ1v) is 21.1. The molecule has 9 aromatic rings. The summed E-state index contributed by atoms with van der Waals surface area (Å²) in [5, 5.41) is 19.4. The molecule has 5 nitrogen and oxygen atoms in total. The molecule has 0 amide bonds. The summed E-state index contributed by atoms with van der Waals surface area (Å²) in [5.41, 5.74) is 16.3. The molecule has 2 aliphatic rings. The number of rotatable bonds is 6. The fourth-order valence-electron chi connectivity index (χ4n) is 9.99. The number of hydrogen-bond donors (Lipinski definition) is 2. The maximum Gasteiger partial charge on any atom is 0.171 e. The molecule has 11 rings (SSSR count). The van der Waals surface area contributed by atoms with Crippen LogP contribution in [0.2, 0.25) is 0 Å². The molecule has 0 saturated carbocycles. The van der Waals surface area contributed by atoms with Crippen LogP contribution in [0.25, 0.3) is 44.3 Å². The van der Waals surface area contributed by atoms with Crippen LogP contribution in [0.3, 0.4) is 0 Å². The molecule has 0 fully saturated rings. The molecule has 5 heteroatoms. The SMILES string of the molecule is CC1(C)c2ccccc2N(c2ccccc2)c2ccc3c4ccccc4n(-c4cc(-c5ccccc5)cc(C5NC(c6ccccc6)C(C#N)=C(c6ccccc6)[NH2+]5)c4)c3c21. The first-order valence-electron chi connectivity index (χ1n) is 21.1. The second kappa shape index (κ2) is 14.7. The minimum atomic E-state index is -0.340. The number of para-hydroxylation sites is 3. The van der Waals surface area contributed by atoms with Crippen molar-refractivity contribution in [2.24, 2.45) is 0 Å². The summed E-state index contributed by atoms with van der Waals surface area (Å²) in [7, 11) is 0. The van der Waals surface area contributed by atoms with Gasteiger partial charge in [0.2, 0.25) is 0 Å². The molecule has 2 unspecified atom stereocenters. The highest BCUT2D eigenvalue weighted by Crippen LogP contribution is 2.55. The van der Waals surface area contributed by atoms with Crippen LogP contribution in [-0.2, 0) is 5.41 Å². The Labute approximate surface area is 356 Å². The summed E-state index contributed by atoms with van der Waals surface area (Å²) < 4.78 is 2.52. The van der Waals surface area contributed by atoms with Crippen LogP contribution < -0.4 is 15.5 Å². The van der Waals surface area contributed by atoms with Gasteiger partial charge < -0.3 is 9.47 Å². The van der Waals surface area contributed by atoms with Gasteiger partial charge >= 0.3 is 0 Å². The van der Waals surface area contributed by atoms with E-state index in [9.17, 15) is 5.26 Å². The van der Waals surface area contributed by atoms with Gasteiger partial charge in [0.25, 0.3) is 0 Å². The van der Waals surface area contributed by atoms with Gasteiger partial charge in [-0.15, -0.1) is 0 Å². The Morgan fingerprint density at radius 2 is 1.20 bits per heavy atom. The molecule has 3 heterocycles. The van der Waals surface area contributed by atoms with Crippen LogP contribution in [0.15, 0.2) is 206 Å². The predicted octanol–water partition coefficient (Wildman–Crippen LogP) is 12.4. The molecule has 2 aliphatic heterocycles. The second-order valence-corrected chi connectivity index (χ2v) is 16.7. The maximum atomic E-state index is 10.8. The predicted molar refractivity (Wildman–Crippen MR) is 249 cm³/mol. The lowest BCUT2D eigenvalue weighted by molar-refractivity contribution is -0.621. The van der Waals surface area contributed by atoms with Crippen molar-refractivity contribution in [1.29, 1.82) is 5.26 Å². The van der Waals surface area contributed by atoms with Gasteiger partial charge in [-0.1, -0.05) is 153 Å². The van der Waals surface area contributed by atoms with E-state index in [1.165, 1.54) is 38.8 Å². The third-order valence-corrected chi connectivity index (χ3v) is 12.8. The largest absolute Gasteiger partial charge is 0.310 e. The Bertz CT molecular complexity index is 3180. The van der Waals surface area contributed by atoms with E-state index in [2.05, 4.69) is 228 Å². The van der Waals surface area contributed by atoms with Crippen molar-refractivity contribution in [3.8, 4) is 22.9 Å². The summed E-state index contributed by atoms with van der Waals surface area (Å²) in [6.45, 7) is 4.77. The summed E-state index contributed by atoms with van der Waals surface area (Å²) in [6, 6.07) is 73.9. The van der Waals surface area contributed by atoms with Crippen LogP contribution in [0, 0.1) is 11.3 Å².